The molecule has 2 heterocycles. The van der Waals surface area contributed by atoms with Crippen molar-refractivity contribution in [3.63, 3.8) is 0 Å². The van der Waals surface area contributed by atoms with Crippen molar-refractivity contribution >= 4 is 22.7 Å². The molecule has 3 rings (SSSR count). The number of aromatic amines is 1. The van der Waals surface area contributed by atoms with Crippen molar-refractivity contribution in [2.45, 2.75) is 38.5 Å². The standard InChI is InChI=1S/C16H20N4O2/c1-9(12-4-3-11-5-6-17-13(11)7-12)18-16(22)14-8-15(21)20-10(2)19-14/h3-7,9-10,14,17,19H,8H2,1-2H3,(H,18,22)(H,20,21). The molecule has 1 fully saturated rings. The predicted octanol–water partition coefficient (Wildman–Crippen LogP) is 1.17. The fraction of sp³-hybridized carbons (Fsp3) is 0.375. The number of amides is 2. The highest BCUT2D eigenvalue weighted by molar-refractivity contribution is 5.89. The van der Waals surface area contributed by atoms with Gasteiger partial charge in [-0.3, -0.25) is 14.9 Å². The second-order valence-electron chi connectivity index (χ2n) is 5.77. The summed E-state index contributed by atoms with van der Waals surface area (Å²) in [6.45, 7) is 3.76. The van der Waals surface area contributed by atoms with Crippen LogP contribution >= 0.6 is 0 Å². The fourth-order valence-electron chi connectivity index (χ4n) is 2.79. The number of hydrogen-bond donors (Lipinski definition) is 4. The van der Waals surface area contributed by atoms with E-state index in [0.29, 0.717) is 0 Å². The Morgan fingerprint density at radius 3 is 2.95 bits per heavy atom. The number of fused-ring (bicyclic) bond motifs is 1. The minimum atomic E-state index is -0.486. The summed E-state index contributed by atoms with van der Waals surface area (Å²) >= 11 is 0. The molecule has 1 aliphatic heterocycles. The van der Waals surface area contributed by atoms with Crippen molar-refractivity contribution in [2.24, 2.45) is 0 Å². The Hall–Kier alpha value is -2.34. The zero-order valence-corrected chi connectivity index (χ0v) is 12.6. The molecule has 6 nitrogen and oxygen atoms in total. The fourth-order valence-corrected chi connectivity index (χ4v) is 2.79. The Labute approximate surface area is 128 Å². The Bertz CT molecular complexity index is 709. The number of hydrogen-bond acceptors (Lipinski definition) is 3. The third-order valence-electron chi connectivity index (χ3n) is 3.97. The van der Waals surface area contributed by atoms with Gasteiger partial charge in [0.05, 0.1) is 24.7 Å². The Morgan fingerprint density at radius 2 is 2.18 bits per heavy atom. The molecule has 2 aromatic rings. The van der Waals surface area contributed by atoms with Gasteiger partial charge in [-0.1, -0.05) is 12.1 Å². The molecule has 3 unspecified atom stereocenters. The van der Waals surface area contributed by atoms with E-state index in [1.165, 1.54) is 0 Å². The first kappa shape index (κ1) is 14.6. The van der Waals surface area contributed by atoms with Gasteiger partial charge in [-0.05, 0) is 36.9 Å². The Kier molecular flexibility index (Phi) is 3.85. The zero-order valence-electron chi connectivity index (χ0n) is 12.6. The van der Waals surface area contributed by atoms with E-state index < -0.39 is 6.04 Å². The molecule has 1 aromatic carbocycles. The third kappa shape index (κ3) is 2.96. The second-order valence-corrected chi connectivity index (χ2v) is 5.77. The highest BCUT2D eigenvalue weighted by Gasteiger charge is 2.29. The van der Waals surface area contributed by atoms with Crippen molar-refractivity contribution in [3.05, 3.63) is 36.0 Å². The van der Waals surface area contributed by atoms with Gasteiger partial charge in [-0.2, -0.15) is 0 Å². The quantitative estimate of drug-likeness (QED) is 0.686. The van der Waals surface area contributed by atoms with Gasteiger partial charge in [0.2, 0.25) is 11.8 Å². The Morgan fingerprint density at radius 1 is 1.36 bits per heavy atom. The van der Waals surface area contributed by atoms with Crippen LogP contribution in [0.25, 0.3) is 10.9 Å². The molecule has 1 saturated heterocycles. The number of aromatic nitrogens is 1. The summed E-state index contributed by atoms with van der Waals surface area (Å²) in [7, 11) is 0. The summed E-state index contributed by atoms with van der Waals surface area (Å²) in [5.41, 5.74) is 2.07. The third-order valence-corrected chi connectivity index (χ3v) is 3.97. The van der Waals surface area contributed by atoms with Crippen LogP contribution in [-0.4, -0.2) is 29.0 Å². The minimum Gasteiger partial charge on any atom is -0.361 e. The minimum absolute atomic E-state index is 0.105. The van der Waals surface area contributed by atoms with Crippen LogP contribution in [0.4, 0.5) is 0 Å². The second kappa shape index (κ2) is 5.81. The van der Waals surface area contributed by atoms with Crippen molar-refractivity contribution in [3.8, 4) is 0 Å². The number of carbonyl (C=O) groups excluding carboxylic acids is 2. The average Bonchev–Trinajstić information content (AvgIpc) is 2.93. The lowest BCUT2D eigenvalue weighted by Crippen LogP contribution is -2.59. The van der Waals surface area contributed by atoms with Gasteiger partial charge >= 0.3 is 0 Å². The van der Waals surface area contributed by atoms with E-state index in [2.05, 4.69) is 20.9 Å². The molecule has 116 valence electrons. The SMILES string of the molecule is CC1NC(=O)CC(C(=O)NC(C)c2ccc3cc[nH]c3c2)N1. The Balaban J connectivity index is 1.68. The van der Waals surface area contributed by atoms with Crippen LogP contribution < -0.4 is 16.0 Å². The number of nitrogens with one attached hydrogen (secondary N) is 4. The first-order chi connectivity index (χ1) is 10.5. The number of H-pyrrole nitrogens is 1. The maximum absolute atomic E-state index is 12.3. The molecule has 0 aliphatic carbocycles. The monoisotopic (exact) mass is 300 g/mol. The van der Waals surface area contributed by atoms with Crippen LogP contribution in [0.5, 0.6) is 0 Å². The summed E-state index contributed by atoms with van der Waals surface area (Å²) in [4.78, 5) is 27.0. The summed E-state index contributed by atoms with van der Waals surface area (Å²) in [6.07, 6.45) is 1.87. The zero-order chi connectivity index (χ0) is 15.7. The normalized spacial score (nSPS) is 23.1. The lowest BCUT2D eigenvalue weighted by molar-refractivity contribution is -0.132. The molecule has 2 amide bonds. The van der Waals surface area contributed by atoms with Crippen molar-refractivity contribution < 1.29 is 9.59 Å². The maximum Gasteiger partial charge on any atom is 0.238 e. The van der Waals surface area contributed by atoms with E-state index in [-0.39, 0.29) is 30.4 Å². The average molecular weight is 300 g/mol. The molecular weight excluding hydrogens is 280 g/mol. The van der Waals surface area contributed by atoms with Gasteiger partial charge < -0.3 is 15.6 Å². The maximum atomic E-state index is 12.3. The van der Waals surface area contributed by atoms with Crippen molar-refractivity contribution in [1.82, 2.24) is 20.9 Å². The van der Waals surface area contributed by atoms with E-state index in [1.807, 2.05) is 44.3 Å². The summed E-state index contributed by atoms with van der Waals surface area (Å²) in [6, 6.07) is 7.46. The van der Waals surface area contributed by atoms with Gasteiger partial charge in [0.1, 0.15) is 0 Å². The van der Waals surface area contributed by atoms with Crippen LogP contribution in [-0.2, 0) is 9.59 Å². The molecule has 6 heteroatoms. The smallest absolute Gasteiger partial charge is 0.238 e. The lowest BCUT2D eigenvalue weighted by Gasteiger charge is -2.29. The highest BCUT2D eigenvalue weighted by Crippen LogP contribution is 2.19. The van der Waals surface area contributed by atoms with Crippen LogP contribution in [0.15, 0.2) is 30.5 Å². The highest BCUT2D eigenvalue weighted by atomic mass is 16.2. The van der Waals surface area contributed by atoms with Crippen molar-refractivity contribution in [1.29, 1.82) is 0 Å². The molecule has 4 N–H and O–H groups in total. The number of rotatable bonds is 3. The molecule has 0 radical (unpaired) electrons. The molecule has 3 atom stereocenters. The van der Waals surface area contributed by atoms with Gasteiger partial charge in [-0.25, -0.2) is 0 Å². The van der Waals surface area contributed by atoms with E-state index >= 15 is 0 Å². The predicted molar refractivity (Wildman–Crippen MR) is 84.0 cm³/mol. The van der Waals surface area contributed by atoms with Crippen LogP contribution in [0.3, 0.4) is 0 Å². The number of carbonyl (C=O) groups is 2. The van der Waals surface area contributed by atoms with E-state index in [9.17, 15) is 9.59 Å². The first-order valence-electron chi connectivity index (χ1n) is 7.46. The molecule has 0 spiro atoms. The largest absolute Gasteiger partial charge is 0.361 e. The first-order valence-corrected chi connectivity index (χ1v) is 7.46. The molecule has 22 heavy (non-hydrogen) atoms. The molecule has 1 aliphatic rings. The van der Waals surface area contributed by atoms with Crippen LogP contribution in [0.2, 0.25) is 0 Å². The molecule has 0 saturated carbocycles. The van der Waals surface area contributed by atoms with Gasteiger partial charge in [0, 0.05) is 11.7 Å². The molecule has 1 aromatic heterocycles. The van der Waals surface area contributed by atoms with Gasteiger partial charge in [0.25, 0.3) is 0 Å². The van der Waals surface area contributed by atoms with Gasteiger partial charge in [-0.15, -0.1) is 0 Å². The van der Waals surface area contributed by atoms with Crippen LogP contribution in [0.1, 0.15) is 31.9 Å². The molecular formula is C16H20N4O2. The van der Waals surface area contributed by atoms with E-state index in [4.69, 9.17) is 0 Å². The topological polar surface area (TPSA) is 86.0 Å². The van der Waals surface area contributed by atoms with Crippen LogP contribution in [0, 0.1) is 0 Å². The van der Waals surface area contributed by atoms with Crippen molar-refractivity contribution in [2.75, 3.05) is 0 Å². The van der Waals surface area contributed by atoms with E-state index in [0.717, 1.165) is 16.5 Å². The number of benzene rings is 1. The van der Waals surface area contributed by atoms with Gasteiger partial charge in [0.15, 0.2) is 0 Å². The summed E-state index contributed by atoms with van der Waals surface area (Å²) in [5.74, 6) is -0.257. The van der Waals surface area contributed by atoms with E-state index in [1.54, 1.807) is 0 Å². The molecule has 0 bridgehead atoms. The summed E-state index contributed by atoms with van der Waals surface area (Å²) in [5, 5.41) is 9.92. The lowest BCUT2D eigenvalue weighted by atomic mass is 10.0. The summed E-state index contributed by atoms with van der Waals surface area (Å²) < 4.78 is 0.